The Morgan fingerprint density at radius 2 is 1.81 bits per heavy atom. The number of likely N-dealkylation sites (N-methyl/N-ethyl adjacent to an activating group) is 1. The average molecular weight is 282 g/mol. The van der Waals surface area contributed by atoms with E-state index in [-0.39, 0.29) is 11.9 Å². The molecule has 1 fully saturated rings. The molecule has 0 bridgehead atoms. The molecule has 1 heterocycles. The van der Waals surface area contributed by atoms with Gasteiger partial charge in [-0.25, -0.2) is 0 Å². The van der Waals surface area contributed by atoms with E-state index in [2.05, 4.69) is 5.32 Å². The van der Waals surface area contributed by atoms with E-state index in [9.17, 15) is 4.79 Å². The predicted molar refractivity (Wildman–Crippen MR) is 82.6 cm³/mol. The topological polar surface area (TPSA) is 41.6 Å². The maximum Gasteiger partial charge on any atom is 0.244 e. The van der Waals surface area contributed by atoms with E-state index in [4.69, 9.17) is 4.74 Å². The third-order valence-electron chi connectivity index (χ3n) is 3.62. The Morgan fingerprint density at radius 1 is 1.10 bits per heavy atom. The van der Waals surface area contributed by atoms with Crippen LogP contribution < -0.4 is 10.1 Å². The van der Waals surface area contributed by atoms with Gasteiger partial charge in [-0.05, 0) is 30.7 Å². The number of anilines is 1. The van der Waals surface area contributed by atoms with Crippen LogP contribution in [0.2, 0.25) is 0 Å². The van der Waals surface area contributed by atoms with Gasteiger partial charge in [0.25, 0.3) is 0 Å². The zero-order valence-corrected chi connectivity index (χ0v) is 12.0. The molecule has 1 aliphatic rings. The fraction of sp³-hybridized carbons (Fsp3) is 0.235. The number of carbonyl (C=O) groups is 1. The van der Waals surface area contributed by atoms with Gasteiger partial charge in [0.05, 0.1) is 5.69 Å². The normalized spacial score (nSPS) is 17.9. The fourth-order valence-corrected chi connectivity index (χ4v) is 2.43. The van der Waals surface area contributed by atoms with Gasteiger partial charge in [-0.3, -0.25) is 4.79 Å². The van der Waals surface area contributed by atoms with E-state index >= 15 is 0 Å². The van der Waals surface area contributed by atoms with Crippen molar-refractivity contribution in [1.29, 1.82) is 0 Å². The van der Waals surface area contributed by atoms with Crippen LogP contribution in [-0.2, 0) is 4.79 Å². The Labute approximate surface area is 124 Å². The van der Waals surface area contributed by atoms with Gasteiger partial charge < -0.3 is 15.0 Å². The molecule has 2 aromatic carbocycles. The molecule has 108 valence electrons. The lowest BCUT2D eigenvalue weighted by Crippen LogP contribution is -2.31. The second kappa shape index (κ2) is 5.87. The average Bonchev–Trinajstić information content (AvgIpc) is 2.82. The Hall–Kier alpha value is -2.49. The van der Waals surface area contributed by atoms with Gasteiger partial charge in [0, 0.05) is 13.6 Å². The molecule has 1 aliphatic heterocycles. The van der Waals surface area contributed by atoms with Crippen LogP contribution in [0.1, 0.15) is 6.42 Å². The largest absolute Gasteiger partial charge is 0.455 e. The van der Waals surface area contributed by atoms with Crippen LogP contribution in [0, 0.1) is 0 Å². The van der Waals surface area contributed by atoms with E-state index in [1.807, 2.05) is 61.6 Å². The summed E-state index contributed by atoms with van der Waals surface area (Å²) >= 11 is 0. The van der Waals surface area contributed by atoms with Gasteiger partial charge in [0.2, 0.25) is 5.91 Å². The second-order valence-corrected chi connectivity index (χ2v) is 5.16. The number of likely N-dealkylation sites (tertiary alicyclic amines) is 1. The quantitative estimate of drug-likeness (QED) is 0.936. The molecule has 0 saturated carbocycles. The summed E-state index contributed by atoms with van der Waals surface area (Å²) in [6, 6.07) is 17.1. The summed E-state index contributed by atoms with van der Waals surface area (Å²) in [5, 5.41) is 3.29. The fourth-order valence-electron chi connectivity index (χ4n) is 2.43. The van der Waals surface area contributed by atoms with Crippen molar-refractivity contribution in [1.82, 2.24) is 4.90 Å². The van der Waals surface area contributed by atoms with Crippen LogP contribution in [-0.4, -0.2) is 30.4 Å². The second-order valence-electron chi connectivity index (χ2n) is 5.16. The van der Waals surface area contributed by atoms with Crippen LogP contribution >= 0.6 is 0 Å². The molecule has 1 N–H and O–H groups in total. The first-order valence-corrected chi connectivity index (χ1v) is 7.07. The van der Waals surface area contributed by atoms with Crippen molar-refractivity contribution in [2.75, 3.05) is 18.9 Å². The number of ether oxygens (including phenoxy) is 1. The van der Waals surface area contributed by atoms with Crippen molar-refractivity contribution in [3.05, 3.63) is 54.6 Å². The molecular weight excluding hydrogens is 264 g/mol. The lowest BCUT2D eigenvalue weighted by molar-refractivity contribution is -0.127. The number of rotatable bonds is 4. The molecule has 0 aliphatic carbocycles. The number of carbonyl (C=O) groups excluding carboxylic acids is 1. The molecule has 1 saturated heterocycles. The third kappa shape index (κ3) is 2.99. The molecule has 4 nitrogen and oxygen atoms in total. The van der Waals surface area contributed by atoms with Crippen LogP contribution in [0.5, 0.6) is 11.5 Å². The van der Waals surface area contributed by atoms with Gasteiger partial charge in [0.1, 0.15) is 11.8 Å². The number of nitrogens with zero attached hydrogens (tertiary/aromatic N) is 1. The Kier molecular flexibility index (Phi) is 3.77. The van der Waals surface area contributed by atoms with Crippen LogP contribution in [0.4, 0.5) is 5.69 Å². The van der Waals surface area contributed by atoms with Crippen LogP contribution in [0.25, 0.3) is 0 Å². The molecule has 0 aromatic heterocycles. The Balaban J connectivity index is 1.78. The first kappa shape index (κ1) is 13.5. The minimum absolute atomic E-state index is 0.129. The van der Waals surface area contributed by atoms with Gasteiger partial charge in [0.15, 0.2) is 5.75 Å². The Morgan fingerprint density at radius 3 is 2.52 bits per heavy atom. The number of hydrogen-bond donors (Lipinski definition) is 1. The van der Waals surface area contributed by atoms with Crippen molar-refractivity contribution in [3.8, 4) is 11.5 Å². The van der Waals surface area contributed by atoms with E-state index in [0.29, 0.717) is 0 Å². The van der Waals surface area contributed by atoms with Crippen molar-refractivity contribution >= 4 is 11.6 Å². The summed E-state index contributed by atoms with van der Waals surface area (Å²) in [5.74, 6) is 1.64. The predicted octanol–water partition coefficient (Wildman–Crippen LogP) is 3.12. The summed E-state index contributed by atoms with van der Waals surface area (Å²) < 4.78 is 5.89. The highest BCUT2D eigenvalue weighted by molar-refractivity contribution is 5.87. The van der Waals surface area contributed by atoms with Gasteiger partial charge in [-0.2, -0.15) is 0 Å². The van der Waals surface area contributed by atoms with Crippen LogP contribution in [0.3, 0.4) is 0 Å². The van der Waals surface area contributed by atoms with E-state index in [1.165, 1.54) is 0 Å². The molecule has 2 aromatic rings. The summed E-state index contributed by atoms with van der Waals surface area (Å²) in [6.07, 6.45) is 0.814. The van der Waals surface area contributed by atoms with E-state index < -0.39 is 0 Å². The number of amides is 1. The Bertz CT molecular complexity index is 628. The zero-order chi connectivity index (χ0) is 14.7. The molecule has 21 heavy (non-hydrogen) atoms. The number of benzene rings is 2. The molecular formula is C17H18N2O2. The molecule has 3 rings (SSSR count). The summed E-state index contributed by atoms with van der Waals surface area (Å²) in [5.41, 5.74) is 0.843. The maximum atomic E-state index is 12.0. The highest BCUT2D eigenvalue weighted by Gasteiger charge is 2.29. The minimum atomic E-state index is -0.171. The zero-order valence-electron chi connectivity index (χ0n) is 12.0. The third-order valence-corrected chi connectivity index (χ3v) is 3.62. The van der Waals surface area contributed by atoms with Crippen molar-refractivity contribution in [2.24, 2.45) is 0 Å². The van der Waals surface area contributed by atoms with E-state index in [1.54, 1.807) is 4.90 Å². The molecule has 1 atom stereocenters. The number of para-hydroxylation sites is 3. The smallest absolute Gasteiger partial charge is 0.244 e. The lowest BCUT2D eigenvalue weighted by Gasteiger charge is -2.16. The van der Waals surface area contributed by atoms with Gasteiger partial charge in [-0.1, -0.05) is 30.3 Å². The molecule has 4 heteroatoms. The highest BCUT2D eigenvalue weighted by atomic mass is 16.5. The summed E-state index contributed by atoms with van der Waals surface area (Å²) in [6.45, 7) is 0.790. The SMILES string of the molecule is CN1CCC(Nc2ccccc2Oc2ccccc2)C1=O. The monoisotopic (exact) mass is 282 g/mol. The van der Waals surface area contributed by atoms with Gasteiger partial charge in [-0.15, -0.1) is 0 Å². The molecule has 1 amide bonds. The summed E-state index contributed by atoms with van der Waals surface area (Å²) in [4.78, 5) is 13.8. The number of nitrogens with one attached hydrogen (secondary N) is 1. The standard InChI is InChI=1S/C17H18N2O2/c1-19-12-11-15(17(19)20)18-14-9-5-6-10-16(14)21-13-7-3-2-4-8-13/h2-10,15,18H,11-12H2,1H3. The summed E-state index contributed by atoms with van der Waals surface area (Å²) in [7, 11) is 1.83. The highest BCUT2D eigenvalue weighted by Crippen LogP contribution is 2.30. The van der Waals surface area contributed by atoms with E-state index in [0.717, 1.165) is 30.2 Å². The van der Waals surface area contributed by atoms with Crippen LogP contribution in [0.15, 0.2) is 54.6 Å². The lowest BCUT2D eigenvalue weighted by atomic mass is 10.2. The number of hydrogen-bond acceptors (Lipinski definition) is 3. The molecule has 1 unspecified atom stereocenters. The van der Waals surface area contributed by atoms with Crippen molar-refractivity contribution in [2.45, 2.75) is 12.5 Å². The molecule has 0 spiro atoms. The molecule has 0 radical (unpaired) electrons. The minimum Gasteiger partial charge on any atom is -0.455 e. The first-order valence-electron chi connectivity index (χ1n) is 7.07. The first-order chi connectivity index (χ1) is 10.2. The van der Waals surface area contributed by atoms with Crippen molar-refractivity contribution < 1.29 is 9.53 Å². The van der Waals surface area contributed by atoms with Crippen molar-refractivity contribution in [3.63, 3.8) is 0 Å². The maximum absolute atomic E-state index is 12.0. The van der Waals surface area contributed by atoms with Gasteiger partial charge >= 0.3 is 0 Å².